The maximum Gasteiger partial charge on any atom is 0.219 e. The third-order valence-corrected chi connectivity index (χ3v) is 2.83. The number of aromatic hydroxyl groups is 1. The highest BCUT2D eigenvalue weighted by Gasteiger charge is 2.03. The van der Waals surface area contributed by atoms with Crippen LogP contribution in [0.4, 0.5) is 0 Å². The van der Waals surface area contributed by atoms with Gasteiger partial charge in [0, 0.05) is 17.5 Å². The molecule has 0 bridgehead atoms. The molecule has 0 aliphatic rings. The molecule has 0 saturated carbocycles. The minimum Gasteiger partial charge on any atom is -0.508 e. The van der Waals surface area contributed by atoms with E-state index < -0.39 is 0 Å². The van der Waals surface area contributed by atoms with Crippen LogP contribution in [0.25, 0.3) is 10.9 Å². The Morgan fingerprint density at radius 3 is 2.68 bits per heavy atom. The Morgan fingerprint density at radius 1 is 1.00 bits per heavy atom. The minimum atomic E-state index is 0.191. The second-order valence-corrected chi connectivity index (χ2v) is 4.45. The number of phenols is 1. The fraction of sp³-hybridized carbons (Fsp3) is 0.0625. The van der Waals surface area contributed by atoms with Gasteiger partial charge >= 0.3 is 0 Å². The molecular weight excluding hydrogens is 238 g/mol. The molecule has 3 aromatic rings. The second kappa shape index (κ2) is 4.61. The van der Waals surface area contributed by atoms with Crippen molar-refractivity contribution in [1.82, 2.24) is 4.98 Å². The molecule has 0 spiro atoms. The highest BCUT2D eigenvalue weighted by atomic mass is 16.5. The summed E-state index contributed by atoms with van der Waals surface area (Å²) in [5, 5.41) is 10.6. The van der Waals surface area contributed by atoms with Gasteiger partial charge in [0.05, 0.1) is 5.52 Å². The van der Waals surface area contributed by atoms with E-state index in [4.69, 9.17) is 4.74 Å². The van der Waals surface area contributed by atoms with Gasteiger partial charge in [-0.2, -0.15) is 0 Å². The molecule has 0 atom stereocenters. The van der Waals surface area contributed by atoms with E-state index in [1.807, 2.05) is 49.4 Å². The van der Waals surface area contributed by atoms with Crippen molar-refractivity contribution in [2.24, 2.45) is 0 Å². The fourth-order valence-corrected chi connectivity index (χ4v) is 2.01. The first-order chi connectivity index (χ1) is 9.20. The third kappa shape index (κ3) is 2.50. The summed E-state index contributed by atoms with van der Waals surface area (Å²) in [6.45, 7) is 1.90. The number of hydrogen-bond acceptors (Lipinski definition) is 3. The number of para-hydroxylation sites is 1. The highest BCUT2D eigenvalue weighted by Crippen LogP contribution is 2.26. The molecule has 1 heterocycles. The highest BCUT2D eigenvalue weighted by molar-refractivity contribution is 5.78. The minimum absolute atomic E-state index is 0.191. The summed E-state index contributed by atoms with van der Waals surface area (Å²) < 4.78 is 5.68. The van der Waals surface area contributed by atoms with Gasteiger partial charge in [-0.1, -0.05) is 18.2 Å². The molecule has 3 rings (SSSR count). The average molecular weight is 251 g/mol. The zero-order chi connectivity index (χ0) is 13.2. The molecule has 0 amide bonds. The number of benzene rings is 2. The van der Waals surface area contributed by atoms with Crippen LogP contribution in [0.15, 0.2) is 54.6 Å². The predicted octanol–water partition coefficient (Wildman–Crippen LogP) is 4.04. The zero-order valence-electron chi connectivity index (χ0n) is 10.5. The van der Waals surface area contributed by atoms with Crippen LogP contribution in [-0.4, -0.2) is 10.1 Å². The lowest BCUT2D eigenvalue weighted by molar-refractivity contribution is 0.446. The molecule has 0 fully saturated rings. The van der Waals surface area contributed by atoms with Crippen LogP contribution < -0.4 is 4.74 Å². The van der Waals surface area contributed by atoms with E-state index in [9.17, 15) is 5.11 Å². The van der Waals surface area contributed by atoms with Crippen molar-refractivity contribution < 1.29 is 9.84 Å². The number of aryl methyl sites for hydroxylation is 1. The molecule has 0 saturated heterocycles. The SMILES string of the molecule is Cc1cc(O)cc(Oc2ccc3ccccc3n2)c1. The molecule has 3 heteroatoms. The average Bonchev–Trinajstić information content (AvgIpc) is 2.37. The molecule has 0 aliphatic heterocycles. The monoisotopic (exact) mass is 251 g/mol. The lowest BCUT2D eigenvalue weighted by atomic mass is 10.2. The van der Waals surface area contributed by atoms with Gasteiger partial charge in [0.25, 0.3) is 0 Å². The van der Waals surface area contributed by atoms with Crippen molar-refractivity contribution in [3.63, 3.8) is 0 Å². The number of phenolic OH excluding ortho intramolecular Hbond substituents is 1. The first-order valence-electron chi connectivity index (χ1n) is 6.05. The maximum atomic E-state index is 9.54. The number of ether oxygens (including phenoxy) is 1. The normalized spacial score (nSPS) is 10.6. The van der Waals surface area contributed by atoms with E-state index in [1.54, 1.807) is 12.1 Å². The molecule has 3 nitrogen and oxygen atoms in total. The zero-order valence-corrected chi connectivity index (χ0v) is 10.5. The summed E-state index contributed by atoms with van der Waals surface area (Å²) in [7, 11) is 0. The Morgan fingerprint density at radius 2 is 1.84 bits per heavy atom. The summed E-state index contributed by atoms with van der Waals surface area (Å²) in [6, 6.07) is 16.8. The van der Waals surface area contributed by atoms with Crippen molar-refractivity contribution in [2.75, 3.05) is 0 Å². The maximum absolute atomic E-state index is 9.54. The number of rotatable bonds is 2. The summed E-state index contributed by atoms with van der Waals surface area (Å²) in [4.78, 5) is 4.43. The Labute approximate surface area is 111 Å². The Kier molecular flexibility index (Phi) is 2.80. The number of aromatic nitrogens is 1. The van der Waals surface area contributed by atoms with Crippen LogP contribution >= 0.6 is 0 Å². The molecule has 1 aromatic heterocycles. The van der Waals surface area contributed by atoms with Crippen molar-refractivity contribution >= 4 is 10.9 Å². The lowest BCUT2D eigenvalue weighted by Crippen LogP contribution is -1.89. The second-order valence-electron chi connectivity index (χ2n) is 4.45. The van der Waals surface area contributed by atoms with Gasteiger partial charge in [0.15, 0.2) is 0 Å². The van der Waals surface area contributed by atoms with E-state index in [2.05, 4.69) is 4.98 Å². The molecule has 0 aliphatic carbocycles. The first kappa shape index (κ1) is 11.5. The van der Waals surface area contributed by atoms with Crippen LogP contribution in [0.5, 0.6) is 17.4 Å². The largest absolute Gasteiger partial charge is 0.508 e. The smallest absolute Gasteiger partial charge is 0.219 e. The van der Waals surface area contributed by atoms with Gasteiger partial charge < -0.3 is 9.84 Å². The van der Waals surface area contributed by atoms with Gasteiger partial charge in [0.1, 0.15) is 11.5 Å². The van der Waals surface area contributed by atoms with E-state index in [0.717, 1.165) is 16.5 Å². The first-order valence-corrected chi connectivity index (χ1v) is 6.05. The molecule has 1 N–H and O–H groups in total. The van der Waals surface area contributed by atoms with E-state index in [-0.39, 0.29) is 5.75 Å². The number of fused-ring (bicyclic) bond motifs is 1. The summed E-state index contributed by atoms with van der Waals surface area (Å²) in [5.74, 6) is 1.29. The number of nitrogens with zero attached hydrogens (tertiary/aromatic N) is 1. The molecular formula is C16H13NO2. The Balaban J connectivity index is 1.96. The van der Waals surface area contributed by atoms with Crippen LogP contribution in [-0.2, 0) is 0 Å². The van der Waals surface area contributed by atoms with Crippen LogP contribution in [0, 0.1) is 6.92 Å². The molecule has 2 aromatic carbocycles. The Bertz CT molecular complexity index is 717. The lowest BCUT2D eigenvalue weighted by Gasteiger charge is -2.07. The van der Waals surface area contributed by atoms with Crippen molar-refractivity contribution in [3.8, 4) is 17.4 Å². The van der Waals surface area contributed by atoms with Crippen molar-refractivity contribution in [3.05, 3.63) is 60.2 Å². The molecule has 0 unspecified atom stereocenters. The Hall–Kier alpha value is -2.55. The fourth-order valence-electron chi connectivity index (χ4n) is 2.01. The summed E-state index contributed by atoms with van der Waals surface area (Å²) >= 11 is 0. The van der Waals surface area contributed by atoms with E-state index >= 15 is 0 Å². The summed E-state index contributed by atoms with van der Waals surface area (Å²) in [6.07, 6.45) is 0. The van der Waals surface area contributed by atoms with E-state index in [1.165, 1.54) is 0 Å². The van der Waals surface area contributed by atoms with Crippen LogP contribution in [0.3, 0.4) is 0 Å². The van der Waals surface area contributed by atoms with Gasteiger partial charge in [-0.25, -0.2) is 4.98 Å². The van der Waals surface area contributed by atoms with Gasteiger partial charge in [-0.3, -0.25) is 0 Å². The van der Waals surface area contributed by atoms with Gasteiger partial charge in [0.2, 0.25) is 5.88 Å². The van der Waals surface area contributed by atoms with Crippen molar-refractivity contribution in [2.45, 2.75) is 6.92 Å². The topological polar surface area (TPSA) is 42.4 Å². The van der Waals surface area contributed by atoms with Crippen LogP contribution in [0.1, 0.15) is 5.56 Å². The molecule has 0 radical (unpaired) electrons. The predicted molar refractivity (Wildman–Crippen MR) is 74.7 cm³/mol. The van der Waals surface area contributed by atoms with Crippen LogP contribution in [0.2, 0.25) is 0 Å². The number of hydrogen-bond donors (Lipinski definition) is 1. The quantitative estimate of drug-likeness (QED) is 0.747. The van der Waals surface area contributed by atoms with E-state index in [0.29, 0.717) is 11.6 Å². The van der Waals surface area contributed by atoms with Gasteiger partial charge in [-0.15, -0.1) is 0 Å². The standard InChI is InChI=1S/C16H13NO2/c1-11-8-13(18)10-14(9-11)19-16-7-6-12-4-2-3-5-15(12)17-16/h2-10,18H,1H3. The van der Waals surface area contributed by atoms with Gasteiger partial charge in [-0.05, 0) is 36.8 Å². The third-order valence-electron chi connectivity index (χ3n) is 2.83. The molecule has 19 heavy (non-hydrogen) atoms. The number of pyridine rings is 1. The summed E-state index contributed by atoms with van der Waals surface area (Å²) in [5.41, 5.74) is 1.83. The molecule has 94 valence electrons. The van der Waals surface area contributed by atoms with Crippen molar-refractivity contribution in [1.29, 1.82) is 0 Å².